The fourth-order valence-electron chi connectivity index (χ4n) is 5.10. The molecule has 9 nitrogen and oxygen atoms in total. The molecule has 2 aliphatic carbocycles. The van der Waals surface area contributed by atoms with Crippen molar-refractivity contribution in [3.8, 4) is 11.5 Å². The first-order valence-corrected chi connectivity index (χ1v) is 14.0. The Morgan fingerprint density at radius 3 is 2.53 bits per heavy atom. The van der Waals surface area contributed by atoms with Crippen molar-refractivity contribution in [3.63, 3.8) is 0 Å². The van der Waals surface area contributed by atoms with Gasteiger partial charge in [-0.3, -0.25) is 14.4 Å². The van der Waals surface area contributed by atoms with E-state index in [1.54, 1.807) is 29.2 Å². The SMILES string of the molecule is COc1cc(C=O)cc(I)c1O[C@H]1C=C(C(=O)NCCO)C[C@@H](N(C(=O)C=C(C)C)C2CCCCC2)[C@@H]1O. The monoisotopic (exact) mass is 640 g/mol. The second kappa shape index (κ2) is 14.1. The predicted octanol–water partition coefficient (Wildman–Crippen LogP) is 3.16. The van der Waals surface area contributed by atoms with Gasteiger partial charge in [-0.1, -0.05) is 24.8 Å². The standard InChI is InChI=1S/C28H37IN2O7/c1-17(2)11-25(34)31(20-7-5-4-6-8-20)22-14-19(28(36)30-9-10-32)15-23(26(22)35)38-27-21(29)12-18(16-33)13-24(27)37-3/h11-13,15-16,20,22-23,26,32,35H,4-10,14H2,1-3H3,(H,30,36)/t22-,23+,26+/m1/s1. The van der Waals surface area contributed by atoms with Gasteiger partial charge in [0.05, 0.1) is 23.3 Å². The highest BCUT2D eigenvalue weighted by Gasteiger charge is 2.43. The van der Waals surface area contributed by atoms with Crippen molar-refractivity contribution in [1.82, 2.24) is 10.2 Å². The van der Waals surface area contributed by atoms with Gasteiger partial charge in [0.1, 0.15) is 18.5 Å². The molecule has 1 saturated carbocycles. The Kier molecular flexibility index (Phi) is 11.2. The molecule has 1 aromatic carbocycles. The molecule has 38 heavy (non-hydrogen) atoms. The average Bonchev–Trinajstić information content (AvgIpc) is 2.90. The fraction of sp³-hybridized carbons (Fsp3) is 0.536. The second-order valence-electron chi connectivity index (χ2n) is 9.93. The van der Waals surface area contributed by atoms with Crippen molar-refractivity contribution in [2.24, 2.45) is 0 Å². The van der Waals surface area contributed by atoms with Crippen LogP contribution in [-0.4, -0.2) is 77.8 Å². The van der Waals surface area contributed by atoms with E-state index in [0.717, 1.165) is 37.7 Å². The first kappa shape index (κ1) is 30.1. The van der Waals surface area contributed by atoms with Gasteiger partial charge in [-0.15, -0.1) is 0 Å². The van der Waals surface area contributed by atoms with E-state index in [1.807, 2.05) is 36.4 Å². The zero-order chi connectivity index (χ0) is 27.8. The number of aliphatic hydroxyl groups excluding tert-OH is 2. The summed E-state index contributed by atoms with van der Waals surface area (Å²) in [5.74, 6) is 0.0624. The first-order valence-electron chi connectivity index (χ1n) is 12.9. The van der Waals surface area contributed by atoms with Crippen LogP contribution in [0.15, 0.2) is 35.4 Å². The van der Waals surface area contributed by atoms with E-state index in [4.69, 9.17) is 9.47 Å². The summed E-state index contributed by atoms with van der Waals surface area (Å²) in [5, 5.41) is 23.5. The van der Waals surface area contributed by atoms with E-state index < -0.39 is 18.2 Å². The highest BCUT2D eigenvalue weighted by Crippen LogP contribution is 2.38. The smallest absolute Gasteiger partial charge is 0.247 e. The minimum atomic E-state index is -1.13. The molecule has 0 saturated heterocycles. The number of amides is 2. The number of halogens is 1. The molecule has 0 aliphatic heterocycles. The normalized spacial score (nSPS) is 21.6. The lowest BCUT2D eigenvalue weighted by molar-refractivity contribution is -0.138. The van der Waals surface area contributed by atoms with Crippen LogP contribution in [0.3, 0.4) is 0 Å². The second-order valence-corrected chi connectivity index (χ2v) is 11.1. The molecule has 0 spiro atoms. The third-order valence-corrected chi connectivity index (χ3v) is 7.65. The third-order valence-electron chi connectivity index (χ3n) is 6.85. The van der Waals surface area contributed by atoms with Gasteiger partial charge < -0.3 is 29.9 Å². The number of hydrogen-bond acceptors (Lipinski definition) is 7. The van der Waals surface area contributed by atoms with Crippen molar-refractivity contribution in [2.45, 2.75) is 76.7 Å². The number of nitrogens with zero attached hydrogens (tertiary/aromatic N) is 1. The summed E-state index contributed by atoms with van der Waals surface area (Å²) in [6, 6.07) is 2.42. The number of ether oxygens (including phenoxy) is 2. The minimum absolute atomic E-state index is 0.0615. The first-order chi connectivity index (χ1) is 18.2. The number of carbonyl (C=O) groups is 3. The summed E-state index contributed by atoms with van der Waals surface area (Å²) in [6.45, 7) is 3.57. The summed E-state index contributed by atoms with van der Waals surface area (Å²) < 4.78 is 12.3. The lowest BCUT2D eigenvalue weighted by atomic mass is 9.85. The number of carbonyl (C=O) groups excluding carboxylic acids is 3. The van der Waals surface area contributed by atoms with Crippen molar-refractivity contribution in [1.29, 1.82) is 0 Å². The molecular formula is C28H37IN2O7. The van der Waals surface area contributed by atoms with Gasteiger partial charge in [-0.05, 0) is 67.5 Å². The molecule has 0 bridgehead atoms. The van der Waals surface area contributed by atoms with E-state index in [1.165, 1.54) is 7.11 Å². The topological polar surface area (TPSA) is 125 Å². The summed E-state index contributed by atoms with van der Waals surface area (Å²) in [7, 11) is 1.46. The van der Waals surface area contributed by atoms with E-state index in [9.17, 15) is 24.6 Å². The molecule has 0 radical (unpaired) electrons. The molecule has 2 amide bonds. The molecule has 3 atom stereocenters. The van der Waals surface area contributed by atoms with Gasteiger partial charge in [0, 0.05) is 36.2 Å². The van der Waals surface area contributed by atoms with Crippen LogP contribution >= 0.6 is 22.6 Å². The van der Waals surface area contributed by atoms with Crippen LogP contribution in [0.2, 0.25) is 0 Å². The van der Waals surface area contributed by atoms with Crippen molar-refractivity contribution in [3.05, 3.63) is 44.6 Å². The lowest BCUT2D eigenvalue weighted by Gasteiger charge is -2.45. The summed E-state index contributed by atoms with van der Waals surface area (Å²) >= 11 is 2.03. The fourth-order valence-corrected chi connectivity index (χ4v) is 5.85. The van der Waals surface area contributed by atoms with Gasteiger partial charge in [0.15, 0.2) is 11.5 Å². The van der Waals surface area contributed by atoms with Crippen LogP contribution < -0.4 is 14.8 Å². The Bertz CT molecular complexity index is 1080. The van der Waals surface area contributed by atoms with Gasteiger partial charge in [-0.25, -0.2) is 0 Å². The molecule has 10 heteroatoms. The van der Waals surface area contributed by atoms with Gasteiger partial charge in [0.25, 0.3) is 0 Å². The molecule has 0 heterocycles. The Labute approximate surface area is 237 Å². The predicted molar refractivity (Wildman–Crippen MR) is 151 cm³/mol. The molecule has 3 rings (SSSR count). The molecule has 208 valence electrons. The number of hydrogen-bond donors (Lipinski definition) is 3. The Morgan fingerprint density at radius 1 is 1.21 bits per heavy atom. The maximum atomic E-state index is 13.5. The summed E-state index contributed by atoms with van der Waals surface area (Å²) in [5.41, 5.74) is 1.62. The van der Waals surface area contributed by atoms with E-state index in [-0.39, 0.29) is 37.4 Å². The number of aliphatic hydroxyl groups is 2. The molecular weight excluding hydrogens is 603 g/mol. The van der Waals surface area contributed by atoms with Crippen molar-refractivity contribution in [2.75, 3.05) is 20.3 Å². The van der Waals surface area contributed by atoms with Crippen LogP contribution in [0.5, 0.6) is 11.5 Å². The lowest BCUT2D eigenvalue weighted by Crippen LogP contribution is -2.58. The van der Waals surface area contributed by atoms with Crippen LogP contribution in [0, 0.1) is 3.57 Å². The maximum Gasteiger partial charge on any atom is 0.247 e. The van der Waals surface area contributed by atoms with Gasteiger partial charge in [0.2, 0.25) is 11.8 Å². The van der Waals surface area contributed by atoms with E-state index >= 15 is 0 Å². The Balaban J connectivity index is 2.05. The quantitative estimate of drug-likeness (QED) is 0.204. The number of allylic oxidation sites excluding steroid dienone is 1. The van der Waals surface area contributed by atoms with Crippen LogP contribution in [0.1, 0.15) is 62.7 Å². The maximum absolute atomic E-state index is 13.5. The number of methoxy groups -OCH3 is 1. The molecule has 1 fully saturated rings. The van der Waals surface area contributed by atoms with Gasteiger partial charge >= 0.3 is 0 Å². The zero-order valence-electron chi connectivity index (χ0n) is 22.1. The number of rotatable bonds is 10. The zero-order valence-corrected chi connectivity index (χ0v) is 24.3. The molecule has 0 aromatic heterocycles. The van der Waals surface area contributed by atoms with Crippen LogP contribution in [0.25, 0.3) is 0 Å². The van der Waals surface area contributed by atoms with Crippen LogP contribution in [0.4, 0.5) is 0 Å². The molecule has 0 unspecified atom stereocenters. The molecule has 1 aromatic rings. The Morgan fingerprint density at radius 2 is 1.92 bits per heavy atom. The average molecular weight is 641 g/mol. The van der Waals surface area contributed by atoms with Crippen molar-refractivity contribution < 1.29 is 34.1 Å². The number of benzene rings is 1. The number of nitrogens with one attached hydrogen (secondary N) is 1. The largest absolute Gasteiger partial charge is 0.493 e. The minimum Gasteiger partial charge on any atom is -0.493 e. The highest BCUT2D eigenvalue weighted by atomic mass is 127. The molecule has 2 aliphatic rings. The highest BCUT2D eigenvalue weighted by molar-refractivity contribution is 14.1. The van der Waals surface area contributed by atoms with Crippen molar-refractivity contribution >= 4 is 40.7 Å². The molecule has 3 N–H and O–H groups in total. The summed E-state index contributed by atoms with van der Waals surface area (Å²) in [6.07, 6.45) is 6.63. The van der Waals surface area contributed by atoms with Crippen LogP contribution in [-0.2, 0) is 9.59 Å². The van der Waals surface area contributed by atoms with E-state index in [0.29, 0.717) is 32.5 Å². The summed E-state index contributed by atoms with van der Waals surface area (Å²) in [4.78, 5) is 39.6. The van der Waals surface area contributed by atoms with E-state index in [2.05, 4.69) is 5.32 Å². The Hall–Kier alpha value is -2.44. The third kappa shape index (κ3) is 7.35. The number of aldehydes is 1. The van der Waals surface area contributed by atoms with Gasteiger partial charge in [-0.2, -0.15) is 0 Å².